The van der Waals surface area contributed by atoms with Gasteiger partial charge in [-0.05, 0) is 48.9 Å². The van der Waals surface area contributed by atoms with Crippen molar-refractivity contribution in [1.29, 1.82) is 0 Å². The highest BCUT2D eigenvalue weighted by Crippen LogP contribution is 2.33. The minimum atomic E-state index is -0.196. The van der Waals surface area contributed by atoms with Crippen LogP contribution < -0.4 is 24.4 Å². The zero-order valence-corrected chi connectivity index (χ0v) is 19.4. The number of ether oxygens (including phenoxy) is 3. The first-order valence-electron chi connectivity index (χ1n) is 11.8. The van der Waals surface area contributed by atoms with E-state index < -0.39 is 0 Å². The molecule has 180 valence electrons. The van der Waals surface area contributed by atoms with E-state index in [2.05, 4.69) is 16.3 Å². The van der Waals surface area contributed by atoms with Gasteiger partial charge in [-0.25, -0.2) is 4.79 Å². The monoisotopic (exact) mass is 466 g/mol. The van der Waals surface area contributed by atoms with E-state index >= 15 is 0 Å². The first-order valence-corrected chi connectivity index (χ1v) is 11.8. The van der Waals surface area contributed by atoms with Crippen LogP contribution >= 0.6 is 0 Å². The second kappa shape index (κ2) is 9.80. The van der Waals surface area contributed by atoms with Crippen molar-refractivity contribution in [2.45, 2.75) is 25.9 Å². The van der Waals surface area contributed by atoms with Crippen LogP contribution in [0.25, 0.3) is 0 Å². The van der Waals surface area contributed by atoms with E-state index in [0.717, 1.165) is 42.6 Å². The number of hydrogen-bond donors (Lipinski definition) is 1. The van der Waals surface area contributed by atoms with Crippen molar-refractivity contribution in [3.05, 3.63) is 48.0 Å². The van der Waals surface area contributed by atoms with Gasteiger partial charge >= 0.3 is 6.03 Å². The Balaban J connectivity index is 1.09. The Bertz CT molecular complexity index is 1040. The number of carbonyl (C=O) groups excluding carboxylic acids is 2. The predicted molar refractivity (Wildman–Crippen MR) is 126 cm³/mol. The van der Waals surface area contributed by atoms with Crippen molar-refractivity contribution >= 4 is 17.6 Å². The van der Waals surface area contributed by atoms with Crippen molar-refractivity contribution in [2.24, 2.45) is 0 Å². The average molecular weight is 467 g/mol. The third-order valence-electron chi connectivity index (χ3n) is 6.41. The summed E-state index contributed by atoms with van der Waals surface area (Å²) in [5.74, 6) is 2.38. The smallest absolute Gasteiger partial charge is 0.317 e. The number of anilines is 1. The molecule has 2 saturated heterocycles. The van der Waals surface area contributed by atoms with Gasteiger partial charge in [-0.15, -0.1) is 0 Å². The molecular formula is C25H30N4O5. The molecule has 1 unspecified atom stereocenters. The summed E-state index contributed by atoms with van der Waals surface area (Å²) in [5, 5.41) is 3.05. The fourth-order valence-corrected chi connectivity index (χ4v) is 4.62. The lowest BCUT2D eigenvalue weighted by atomic mass is 10.1. The number of fused-ring (bicyclic) bond motifs is 1. The molecule has 0 bridgehead atoms. The van der Waals surface area contributed by atoms with Gasteiger partial charge in [0.2, 0.25) is 12.7 Å². The minimum absolute atomic E-state index is 0.0167. The Morgan fingerprint density at radius 3 is 2.59 bits per heavy atom. The van der Waals surface area contributed by atoms with Crippen LogP contribution in [-0.2, 0) is 11.3 Å². The topological polar surface area (TPSA) is 83.6 Å². The summed E-state index contributed by atoms with van der Waals surface area (Å²) in [6, 6.07) is 13.2. The normalized spacial score (nSPS) is 20.0. The zero-order chi connectivity index (χ0) is 23.5. The number of urea groups is 1. The second-order valence-corrected chi connectivity index (χ2v) is 8.73. The molecule has 1 N–H and O–H groups in total. The molecule has 9 nitrogen and oxygen atoms in total. The number of amides is 3. The van der Waals surface area contributed by atoms with E-state index in [0.29, 0.717) is 32.7 Å². The van der Waals surface area contributed by atoms with E-state index in [9.17, 15) is 9.59 Å². The van der Waals surface area contributed by atoms with Crippen LogP contribution in [0.5, 0.6) is 17.2 Å². The van der Waals surface area contributed by atoms with Crippen LogP contribution in [0, 0.1) is 0 Å². The van der Waals surface area contributed by atoms with E-state index in [4.69, 9.17) is 14.2 Å². The van der Waals surface area contributed by atoms with Gasteiger partial charge in [0.25, 0.3) is 0 Å². The first kappa shape index (κ1) is 22.3. The Morgan fingerprint density at radius 1 is 1.06 bits per heavy atom. The van der Waals surface area contributed by atoms with Gasteiger partial charge in [-0.3, -0.25) is 9.69 Å². The van der Waals surface area contributed by atoms with Crippen LogP contribution in [0.3, 0.4) is 0 Å². The predicted octanol–water partition coefficient (Wildman–Crippen LogP) is 2.45. The van der Waals surface area contributed by atoms with Crippen LogP contribution in [0.2, 0.25) is 0 Å². The maximum atomic E-state index is 12.8. The number of benzene rings is 2. The molecule has 3 heterocycles. The summed E-state index contributed by atoms with van der Waals surface area (Å²) in [5.41, 5.74) is 1.99. The lowest BCUT2D eigenvalue weighted by Gasteiger charge is -2.35. The third-order valence-corrected chi connectivity index (χ3v) is 6.41. The fourth-order valence-electron chi connectivity index (χ4n) is 4.62. The van der Waals surface area contributed by atoms with Gasteiger partial charge in [0.15, 0.2) is 11.5 Å². The molecule has 0 aliphatic carbocycles. The first-order chi connectivity index (χ1) is 16.6. The van der Waals surface area contributed by atoms with Gasteiger partial charge in [0.05, 0.1) is 12.6 Å². The molecule has 0 saturated carbocycles. The zero-order valence-electron chi connectivity index (χ0n) is 19.4. The van der Waals surface area contributed by atoms with Crippen LogP contribution in [-0.4, -0.2) is 73.9 Å². The number of piperazine rings is 1. The molecule has 5 rings (SSSR count). The number of nitrogens with one attached hydrogen (secondary N) is 1. The molecule has 9 heteroatoms. The summed E-state index contributed by atoms with van der Waals surface area (Å²) in [6.45, 7) is 6.99. The molecule has 3 amide bonds. The molecule has 3 aliphatic heterocycles. The highest BCUT2D eigenvalue weighted by atomic mass is 16.7. The van der Waals surface area contributed by atoms with Gasteiger partial charge in [-0.1, -0.05) is 6.07 Å². The quantitative estimate of drug-likeness (QED) is 0.704. The summed E-state index contributed by atoms with van der Waals surface area (Å²) in [7, 11) is 0. The summed E-state index contributed by atoms with van der Waals surface area (Å²) in [6.07, 6.45) is 0.309. The van der Waals surface area contributed by atoms with E-state index in [1.54, 1.807) is 4.90 Å². The van der Waals surface area contributed by atoms with Gasteiger partial charge < -0.3 is 29.3 Å². The highest BCUT2D eigenvalue weighted by Gasteiger charge is 2.33. The molecule has 0 spiro atoms. The van der Waals surface area contributed by atoms with Crippen molar-refractivity contribution < 1.29 is 23.8 Å². The van der Waals surface area contributed by atoms with Crippen LogP contribution in [0.1, 0.15) is 18.9 Å². The summed E-state index contributed by atoms with van der Waals surface area (Å²) >= 11 is 0. The molecule has 34 heavy (non-hydrogen) atoms. The van der Waals surface area contributed by atoms with Crippen molar-refractivity contribution in [2.75, 3.05) is 51.0 Å². The maximum Gasteiger partial charge on any atom is 0.317 e. The van der Waals surface area contributed by atoms with Crippen molar-refractivity contribution in [1.82, 2.24) is 15.1 Å². The molecule has 2 aromatic rings. The number of nitrogens with zero attached hydrogens (tertiary/aromatic N) is 3. The number of carbonyl (C=O) groups is 2. The van der Waals surface area contributed by atoms with Crippen LogP contribution in [0.15, 0.2) is 42.5 Å². The molecule has 0 aromatic heterocycles. The minimum Gasteiger partial charge on any atom is -0.494 e. The van der Waals surface area contributed by atoms with E-state index in [1.807, 2.05) is 48.2 Å². The van der Waals surface area contributed by atoms with Gasteiger partial charge in [0.1, 0.15) is 5.75 Å². The Kier molecular flexibility index (Phi) is 6.44. The molecule has 2 fully saturated rings. The largest absolute Gasteiger partial charge is 0.494 e. The number of rotatable bonds is 6. The maximum absolute atomic E-state index is 12.8. The van der Waals surface area contributed by atoms with Gasteiger partial charge in [-0.2, -0.15) is 0 Å². The lowest BCUT2D eigenvalue weighted by molar-refractivity contribution is -0.117. The Morgan fingerprint density at radius 2 is 1.82 bits per heavy atom. The Labute approximate surface area is 199 Å². The molecule has 2 aromatic carbocycles. The van der Waals surface area contributed by atoms with Crippen molar-refractivity contribution in [3.63, 3.8) is 0 Å². The standard InChI is InChI=1S/C25H30N4O5/c1-2-32-21-6-4-20(5-7-21)29-16-19(14-24(29)30)26-25(31)28-11-9-27(10-12-28)15-18-3-8-22-23(13-18)34-17-33-22/h3-8,13,19H,2,9-12,14-17H2,1H3,(H,26,31). The third kappa shape index (κ3) is 4.89. The van der Waals surface area contributed by atoms with E-state index in [-0.39, 0.29) is 24.8 Å². The van der Waals surface area contributed by atoms with E-state index in [1.165, 1.54) is 5.56 Å². The highest BCUT2D eigenvalue weighted by molar-refractivity contribution is 5.96. The van der Waals surface area contributed by atoms with Crippen LogP contribution in [0.4, 0.5) is 10.5 Å². The fraction of sp³-hybridized carbons (Fsp3) is 0.440. The molecular weight excluding hydrogens is 436 g/mol. The number of hydrogen-bond acceptors (Lipinski definition) is 6. The lowest BCUT2D eigenvalue weighted by Crippen LogP contribution is -2.53. The summed E-state index contributed by atoms with van der Waals surface area (Å²) in [4.78, 5) is 31.3. The van der Waals surface area contributed by atoms with Gasteiger partial charge in [0, 0.05) is 51.4 Å². The molecule has 0 radical (unpaired) electrons. The van der Waals surface area contributed by atoms with Crippen molar-refractivity contribution in [3.8, 4) is 17.2 Å². The SMILES string of the molecule is CCOc1ccc(N2CC(NC(=O)N3CCN(Cc4ccc5c(c4)OCO5)CC3)CC2=O)cc1. The molecule has 3 aliphatic rings. The second-order valence-electron chi connectivity index (χ2n) is 8.73. The average Bonchev–Trinajstić information content (AvgIpc) is 3.46. The summed E-state index contributed by atoms with van der Waals surface area (Å²) < 4.78 is 16.3. The Hall–Kier alpha value is -3.46. The molecule has 1 atom stereocenters.